The van der Waals surface area contributed by atoms with Crippen molar-refractivity contribution in [1.29, 1.82) is 0 Å². The second-order valence-corrected chi connectivity index (χ2v) is 5.83. The highest BCUT2D eigenvalue weighted by Gasteiger charge is 2.12. The maximum atomic E-state index is 10.9. The molecule has 20 heavy (non-hydrogen) atoms. The van der Waals surface area contributed by atoms with Crippen LogP contribution in [0.2, 0.25) is 0 Å². The summed E-state index contributed by atoms with van der Waals surface area (Å²) in [5.41, 5.74) is 2.79. The van der Waals surface area contributed by atoms with E-state index in [1.54, 1.807) is 18.3 Å². The maximum absolute atomic E-state index is 10.9. The van der Waals surface area contributed by atoms with Crippen LogP contribution in [0.25, 0.3) is 0 Å². The van der Waals surface area contributed by atoms with Gasteiger partial charge < -0.3 is 5.32 Å². The van der Waals surface area contributed by atoms with Crippen molar-refractivity contribution in [2.45, 2.75) is 13.5 Å². The summed E-state index contributed by atoms with van der Waals surface area (Å²) in [5.74, 6) is 0. The van der Waals surface area contributed by atoms with Crippen LogP contribution < -0.4 is 5.32 Å². The molecule has 0 aliphatic rings. The molecule has 1 N–H and O–H groups in total. The monoisotopic (exact) mass is 399 g/mol. The van der Waals surface area contributed by atoms with E-state index in [2.05, 4.69) is 42.2 Å². The SMILES string of the molecule is Cc1cc(NCc2ccc(Br)c([N+](=O)[O-])c2)cnc1Br. The highest BCUT2D eigenvalue weighted by atomic mass is 79.9. The average Bonchev–Trinajstić information content (AvgIpc) is 2.41. The molecule has 2 rings (SSSR count). The van der Waals surface area contributed by atoms with Crippen molar-refractivity contribution in [3.63, 3.8) is 0 Å². The average molecular weight is 401 g/mol. The molecule has 2 aromatic rings. The molecule has 0 radical (unpaired) electrons. The molecule has 0 fully saturated rings. The molecule has 7 heteroatoms. The Morgan fingerprint density at radius 2 is 2.10 bits per heavy atom. The van der Waals surface area contributed by atoms with Gasteiger partial charge in [-0.2, -0.15) is 0 Å². The van der Waals surface area contributed by atoms with E-state index in [0.29, 0.717) is 11.0 Å². The van der Waals surface area contributed by atoms with Crippen molar-refractivity contribution in [3.05, 3.63) is 60.8 Å². The highest BCUT2D eigenvalue weighted by Crippen LogP contribution is 2.26. The summed E-state index contributed by atoms with van der Waals surface area (Å²) in [4.78, 5) is 14.7. The number of hydrogen-bond acceptors (Lipinski definition) is 4. The third kappa shape index (κ3) is 3.55. The van der Waals surface area contributed by atoms with Gasteiger partial charge in [0.05, 0.1) is 21.3 Å². The zero-order chi connectivity index (χ0) is 14.7. The van der Waals surface area contributed by atoms with Crippen LogP contribution in [0.4, 0.5) is 11.4 Å². The minimum Gasteiger partial charge on any atom is -0.380 e. The molecule has 0 saturated heterocycles. The highest BCUT2D eigenvalue weighted by molar-refractivity contribution is 9.10. The number of hydrogen-bond donors (Lipinski definition) is 1. The molecule has 0 amide bonds. The number of nitrogens with zero attached hydrogens (tertiary/aromatic N) is 2. The number of anilines is 1. The Hall–Kier alpha value is -1.47. The lowest BCUT2D eigenvalue weighted by atomic mass is 10.2. The number of benzene rings is 1. The van der Waals surface area contributed by atoms with Gasteiger partial charge in [0.15, 0.2) is 0 Å². The Bertz CT molecular complexity index is 662. The van der Waals surface area contributed by atoms with E-state index in [9.17, 15) is 10.1 Å². The normalized spacial score (nSPS) is 10.3. The number of nitro benzene ring substituents is 1. The minimum atomic E-state index is -0.404. The van der Waals surface area contributed by atoms with Crippen LogP contribution in [0.1, 0.15) is 11.1 Å². The number of halogens is 2. The topological polar surface area (TPSA) is 68.1 Å². The molecule has 0 aliphatic carbocycles. The van der Waals surface area contributed by atoms with Crippen molar-refractivity contribution in [2.75, 3.05) is 5.32 Å². The Morgan fingerprint density at radius 3 is 2.75 bits per heavy atom. The first kappa shape index (κ1) is 14.9. The molecular formula is C13H11Br2N3O2. The van der Waals surface area contributed by atoms with E-state index in [1.165, 1.54) is 0 Å². The van der Waals surface area contributed by atoms with E-state index in [-0.39, 0.29) is 5.69 Å². The Kier molecular flexibility index (Phi) is 4.72. The summed E-state index contributed by atoms with van der Waals surface area (Å²) in [7, 11) is 0. The molecule has 0 atom stereocenters. The standard InChI is InChI=1S/C13H11Br2N3O2/c1-8-4-10(7-17-13(8)15)16-6-9-2-3-11(14)12(5-9)18(19)20/h2-5,7,16H,6H2,1H3. The van der Waals surface area contributed by atoms with Crippen LogP contribution in [-0.4, -0.2) is 9.91 Å². The maximum Gasteiger partial charge on any atom is 0.283 e. The van der Waals surface area contributed by atoms with Gasteiger partial charge in [0.25, 0.3) is 5.69 Å². The van der Waals surface area contributed by atoms with Crippen molar-refractivity contribution in [2.24, 2.45) is 0 Å². The lowest BCUT2D eigenvalue weighted by Gasteiger charge is -2.08. The lowest BCUT2D eigenvalue weighted by molar-refractivity contribution is -0.385. The third-order valence-corrected chi connectivity index (χ3v) is 4.22. The van der Waals surface area contributed by atoms with Gasteiger partial charge in [-0.1, -0.05) is 6.07 Å². The number of aryl methyl sites for hydroxylation is 1. The number of nitro groups is 1. The van der Waals surface area contributed by atoms with E-state index in [0.717, 1.165) is 21.4 Å². The zero-order valence-corrected chi connectivity index (χ0v) is 13.7. The molecule has 0 unspecified atom stereocenters. The summed E-state index contributed by atoms with van der Waals surface area (Å²) in [6.45, 7) is 2.45. The fourth-order valence-electron chi connectivity index (χ4n) is 1.67. The summed E-state index contributed by atoms with van der Waals surface area (Å²) in [6.07, 6.45) is 1.71. The summed E-state index contributed by atoms with van der Waals surface area (Å²) in [6, 6.07) is 7.03. The van der Waals surface area contributed by atoms with Gasteiger partial charge in [0.2, 0.25) is 0 Å². The largest absolute Gasteiger partial charge is 0.380 e. The predicted octanol–water partition coefficient (Wildman–Crippen LogP) is 4.44. The summed E-state index contributed by atoms with van der Waals surface area (Å²) >= 11 is 6.51. The van der Waals surface area contributed by atoms with Gasteiger partial charge in [0, 0.05) is 12.6 Å². The smallest absolute Gasteiger partial charge is 0.283 e. The zero-order valence-electron chi connectivity index (χ0n) is 10.6. The fraction of sp³-hybridized carbons (Fsp3) is 0.154. The van der Waals surface area contributed by atoms with E-state index < -0.39 is 4.92 Å². The van der Waals surface area contributed by atoms with Crippen LogP contribution in [0, 0.1) is 17.0 Å². The Balaban J connectivity index is 2.12. The summed E-state index contributed by atoms with van der Waals surface area (Å²) < 4.78 is 1.29. The Labute approximate surface area is 132 Å². The number of aromatic nitrogens is 1. The van der Waals surface area contributed by atoms with Gasteiger partial charge in [-0.05, 0) is 62.0 Å². The van der Waals surface area contributed by atoms with Gasteiger partial charge >= 0.3 is 0 Å². The summed E-state index contributed by atoms with van der Waals surface area (Å²) in [5, 5.41) is 14.1. The third-order valence-electron chi connectivity index (χ3n) is 2.72. The van der Waals surface area contributed by atoms with Crippen LogP contribution in [0.5, 0.6) is 0 Å². The van der Waals surface area contributed by atoms with Crippen molar-refractivity contribution in [1.82, 2.24) is 4.98 Å². The second kappa shape index (κ2) is 6.32. The first-order valence-corrected chi connectivity index (χ1v) is 7.35. The van der Waals surface area contributed by atoms with Crippen LogP contribution in [0.15, 0.2) is 39.5 Å². The second-order valence-electron chi connectivity index (χ2n) is 4.23. The number of nitrogens with one attached hydrogen (secondary N) is 1. The van der Waals surface area contributed by atoms with Crippen LogP contribution in [-0.2, 0) is 6.54 Å². The molecule has 0 saturated carbocycles. The minimum absolute atomic E-state index is 0.0643. The van der Waals surface area contributed by atoms with Crippen molar-refractivity contribution < 1.29 is 4.92 Å². The molecule has 1 aromatic heterocycles. The van der Waals surface area contributed by atoms with Gasteiger partial charge in [-0.3, -0.25) is 10.1 Å². The molecule has 1 aromatic carbocycles. The van der Waals surface area contributed by atoms with Crippen molar-refractivity contribution >= 4 is 43.2 Å². The molecule has 1 heterocycles. The molecule has 104 valence electrons. The van der Waals surface area contributed by atoms with E-state index in [4.69, 9.17) is 0 Å². The van der Waals surface area contributed by atoms with E-state index >= 15 is 0 Å². The molecule has 0 spiro atoms. The molecule has 0 aliphatic heterocycles. The number of rotatable bonds is 4. The molecular weight excluding hydrogens is 390 g/mol. The van der Waals surface area contributed by atoms with Gasteiger partial charge in [-0.15, -0.1) is 0 Å². The molecule has 0 bridgehead atoms. The first-order valence-electron chi connectivity index (χ1n) is 5.76. The van der Waals surface area contributed by atoms with Gasteiger partial charge in [-0.25, -0.2) is 4.98 Å². The van der Waals surface area contributed by atoms with E-state index in [1.807, 2.05) is 19.1 Å². The van der Waals surface area contributed by atoms with Gasteiger partial charge in [0.1, 0.15) is 4.60 Å². The predicted molar refractivity (Wildman–Crippen MR) is 84.8 cm³/mol. The molecule has 5 nitrogen and oxygen atoms in total. The first-order chi connectivity index (χ1) is 9.47. The number of pyridine rings is 1. The fourth-order valence-corrected chi connectivity index (χ4v) is 2.28. The lowest BCUT2D eigenvalue weighted by Crippen LogP contribution is -2.01. The van der Waals surface area contributed by atoms with Crippen LogP contribution in [0.3, 0.4) is 0 Å². The quantitative estimate of drug-likeness (QED) is 0.468. The van der Waals surface area contributed by atoms with Crippen LogP contribution >= 0.6 is 31.9 Å². The Morgan fingerprint density at radius 1 is 1.35 bits per heavy atom. The van der Waals surface area contributed by atoms with Crippen molar-refractivity contribution in [3.8, 4) is 0 Å².